The van der Waals surface area contributed by atoms with Gasteiger partial charge in [-0.15, -0.1) is 0 Å². The van der Waals surface area contributed by atoms with Crippen LogP contribution in [0.5, 0.6) is 0 Å². The van der Waals surface area contributed by atoms with Crippen LogP contribution in [0.4, 0.5) is 0 Å². The minimum Gasteiger partial charge on any atom is -0.361 e. The van der Waals surface area contributed by atoms with E-state index in [-0.39, 0.29) is 10.7 Å². The zero-order chi connectivity index (χ0) is 14.7. The Morgan fingerprint density at radius 1 is 1.26 bits per heavy atom. The zero-order valence-corrected chi connectivity index (χ0v) is 11.9. The molecule has 1 N–H and O–H groups in total. The molecule has 0 aromatic rings. The largest absolute Gasteiger partial charge is 0.361 e. The van der Waals surface area contributed by atoms with Gasteiger partial charge in [0.1, 0.15) is 17.5 Å². The molecule has 1 aliphatic heterocycles. The van der Waals surface area contributed by atoms with E-state index in [0.29, 0.717) is 12.8 Å². The average molecular weight is 279 g/mol. The van der Waals surface area contributed by atoms with Gasteiger partial charge in [0.05, 0.1) is 23.1 Å². The third-order valence-corrected chi connectivity index (χ3v) is 4.34. The highest BCUT2D eigenvalue weighted by molar-refractivity contribution is 6.30. The van der Waals surface area contributed by atoms with E-state index in [1.807, 2.05) is 32.1 Å². The second kappa shape index (κ2) is 5.49. The highest BCUT2D eigenvalue weighted by atomic mass is 35.5. The molecule has 1 aliphatic rings. The molecular weight excluding hydrogens is 264 g/mol. The number of nitrogens with one attached hydrogen (secondary N) is 1. The molecule has 0 aromatic carbocycles. The fourth-order valence-electron chi connectivity index (χ4n) is 2.86. The lowest BCUT2D eigenvalue weighted by atomic mass is 9.56. The molecule has 19 heavy (non-hydrogen) atoms. The van der Waals surface area contributed by atoms with Gasteiger partial charge >= 0.3 is 0 Å². The summed E-state index contributed by atoms with van der Waals surface area (Å²) in [7, 11) is 1.48. The van der Waals surface area contributed by atoms with Gasteiger partial charge in [0, 0.05) is 7.11 Å². The molecule has 0 saturated heterocycles. The Bertz CT molecular complexity index is 502. The van der Waals surface area contributed by atoms with Crippen molar-refractivity contribution in [3.05, 3.63) is 10.7 Å². The molecule has 0 spiro atoms. The van der Waals surface area contributed by atoms with Crippen molar-refractivity contribution in [2.75, 3.05) is 7.11 Å². The minimum atomic E-state index is -1.60. The van der Waals surface area contributed by atoms with E-state index in [2.05, 4.69) is 5.32 Å². The first-order valence-electron chi connectivity index (χ1n) is 5.95. The highest BCUT2D eigenvalue weighted by Crippen LogP contribution is 2.55. The number of nitrogens with zero attached hydrogens (tertiary/aromatic N) is 3. The van der Waals surface area contributed by atoms with Crippen molar-refractivity contribution in [1.29, 1.82) is 15.8 Å². The van der Waals surface area contributed by atoms with E-state index in [1.54, 1.807) is 0 Å². The van der Waals surface area contributed by atoms with Crippen LogP contribution in [-0.2, 0) is 4.74 Å². The van der Waals surface area contributed by atoms with E-state index in [1.165, 1.54) is 7.11 Å². The Morgan fingerprint density at radius 3 is 2.11 bits per heavy atom. The second-order valence-corrected chi connectivity index (χ2v) is 4.78. The summed E-state index contributed by atoms with van der Waals surface area (Å²) in [5.74, 6) is 0. The Morgan fingerprint density at radius 2 is 1.79 bits per heavy atom. The molecule has 0 fully saturated rings. The number of ether oxygens (including phenoxy) is 1. The highest BCUT2D eigenvalue weighted by Gasteiger charge is 2.61. The summed E-state index contributed by atoms with van der Waals surface area (Å²) in [5, 5.41) is 31.3. The van der Waals surface area contributed by atoms with Crippen LogP contribution in [0.3, 0.4) is 0 Å². The maximum absolute atomic E-state index is 9.57. The summed E-state index contributed by atoms with van der Waals surface area (Å²) in [4.78, 5) is 0. The van der Waals surface area contributed by atoms with E-state index in [0.717, 1.165) is 0 Å². The van der Waals surface area contributed by atoms with Gasteiger partial charge < -0.3 is 10.1 Å². The van der Waals surface area contributed by atoms with Crippen LogP contribution >= 0.6 is 11.6 Å². The number of allylic oxidation sites excluding steroid dienone is 1. The predicted molar refractivity (Wildman–Crippen MR) is 69.1 cm³/mol. The van der Waals surface area contributed by atoms with Gasteiger partial charge in [0.15, 0.2) is 5.41 Å². The molecule has 6 heteroatoms. The van der Waals surface area contributed by atoms with Crippen molar-refractivity contribution < 1.29 is 4.74 Å². The Kier molecular flexibility index (Phi) is 4.43. The molecule has 0 unspecified atom stereocenters. The lowest BCUT2D eigenvalue weighted by Gasteiger charge is -2.49. The Balaban J connectivity index is 3.73. The number of halogens is 1. The number of hydrogen-bond acceptors (Lipinski definition) is 5. The van der Waals surface area contributed by atoms with Crippen LogP contribution in [0, 0.1) is 44.8 Å². The van der Waals surface area contributed by atoms with E-state index in [4.69, 9.17) is 16.3 Å². The SMILES string of the molecule is CCC1(CC)[C@@H](OC)NC(Cl)=C(C#N)C1(C#N)C#N. The molecule has 0 aromatic heterocycles. The first kappa shape index (κ1) is 15.3. The quantitative estimate of drug-likeness (QED) is 0.800. The summed E-state index contributed by atoms with van der Waals surface area (Å²) >= 11 is 6.00. The zero-order valence-electron chi connectivity index (χ0n) is 11.1. The van der Waals surface area contributed by atoms with Gasteiger partial charge in [-0.3, -0.25) is 0 Å². The van der Waals surface area contributed by atoms with Crippen LogP contribution in [-0.4, -0.2) is 13.3 Å². The van der Waals surface area contributed by atoms with Gasteiger partial charge in [0.2, 0.25) is 0 Å². The second-order valence-electron chi connectivity index (χ2n) is 4.40. The van der Waals surface area contributed by atoms with Crippen molar-refractivity contribution in [3.63, 3.8) is 0 Å². The molecule has 0 amide bonds. The molecule has 1 rings (SSSR count). The van der Waals surface area contributed by atoms with Crippen molar-refractivity contribution in [2.24, 2.45) is 10.8 Å². The van der Waals surface area contributed by atoms with Crippen molar-refractivity contribution in [2.45, 2.75) is 32.9 Å². The van der Waals surface area contributed by atoms with Crippen LogP contribution in [0.25, 0.3) is 0 Å². The van der Waals surface area contributed by atoms with Gasteiger partial charge in [-0.1, -0.05) is 25.4 Å². The fourth-order valence-corrected chi connectivity index (χ4v) is 3.15. The van der Waals surface area contributed by atoms with Crippen molar-refractivity contribution in [3.8, 4) is 18.2 Å². The van der Waals surface area contributed by atoms with Crippen LogP contribution in [0.15, 0.2) is 10.7 Å². The standard InChI is InChI=1S/C13H15ClN4O/c1-4-12(5-2)11(19-3)18-10(14)9(6-15)13(12,7-16)8-17/h11,18H,4-5H2,1-3H3/t11-/m1/s1. The van der Waals surface area contributed by atoms with Gasteiger partial charge in [-0.05, 0) is 12.8 Å². The molecule has 5 nitrogen and oxygen atoms in total. The first-order valence-corrected chi connectivity index (χ1v) is 6.33. The third kappa shape index (κ3) is 1.77. The number of rotatable bonds is 3. The summed E-state index contributed by atoms with van der Waals surface area (Å²) in [6.07, 6.45) is 0.420. The lowest BCUT2D eigenvalue weighted by molar-refractivity contribution is -0.0733. The van der Waals surface area contributed by atoms with E-state index < -0.39 is 17.1 Å². The maximum atomic E-state index is 9.57. The number of hydrogen-bond donors (Lipinski definition) is 1. The summed E-state index contributed by atoms with van der Waals surface area (Å²) in [6, 6.07) is 5.92. The smallest absolute Gasteiger partial charge is 0.191 e. The Labute approximate surface area is 118 Å². The molecule has 1 heterocycles. The molecule has 0 bridgehead atoms. The normalized spacial score (nSPS) is 23.7. The fraction of sp³-hybridized carbons (Fsp3) is 0.615. The third-order valence-electron chi connectivity index (χ3n) is 4.05. The monoisotopic (exact) mass is 278 g/mol. The van der Waals surface area contributed by atoms with E-state index in [9.17, 15) is 15.8 Å². The number of nitriles is 3. The summed E-state index contributed by atoms with van der Waals surface area (Å²) in [6.45, 7) is 3.74. The van der Waals surface area contributed by atoms with E-state index >= 15 is 0 Å². The van der Waals surface area contributed by atoms with Crippen molar-refractivity contribution in [1.82, 2.24) is 5.32 Å². The summed E-state index contributed by atoms with van der Waals surface area (Å²) in [5.41, 5.74) is -2.46. The van der Waals surface area contributed by atoms with Gasteiger partial charge in [-0.2, -0.15) is 15.8 Å². The summed E-state index contributed by atoms with van der Waals surface area (Å²) < 4.78 is 5.37. The lowest BCUT2D eigenvalue weighted by Crippen LogP contribution is -2.58. The molecular formula is C13H15ClN4O. The Hall–Kier alpha value is -1.74. The molecule has 0 saturated carbocycles. The maximum Gasteiger partial charge on any atom is 0.191 e. The van der Waals surface area contributed by atoms with Crippen molar-refractivity contribution >= 4 is 11.6 Å². The molecule has 1 atom stereocenters. The van der Waals surface area contributed by atoms with Crippen LogP contribution in [0.2, 0.25) is 0 Å². The number of methoxy groups -OCH3 is 1. The van der Waals surface area contributed by atoms with Gasteiger partial charge in [-0.25, -0.2) is 0 Å². The van der Waals surface area contributed by atoms with Crippen LogP contribution < -0.4 is 5.32 Å². The molecule has 100 valence electrons. The van der Waals surface area contributed by atoms with Gasteiger partial charge in [0.25, 0.3) is 0 Å². The first-order chi connectivity index (χ1) is 9.03. The topological polar surface area (TPSA) is 92.6 Å². The van der Waals surface area contributed by atoms with Crippen LogP contribution in [0.1, 0.15) is 26.7 Å². The average Bonchev–Trinajstić information content (AvgIpc) is 2.45. The molecule has 0 aliphatic carbocycles. The predicted octanol–water partition coefficient (Wildman–Crippen LogP) is 2.38. The molecule has 0 radical (unpaired) electrons. The minimum absolute atomic E-state index is 0.00924.